The van der Waals surface area contributed by atoms with Crippen LogP contribution >= 0.6 is 23.4 Å². The Labute approximate surface area is 252 Å². The second-order valence-electron chi connectivity index (χ2n) is 12.0. The summed E-state index contributed by atoms with van der Waals surface area (Å²) < 4.78 is 29.4. The number of halogens is 1. The van der Waals surface area contributed by atoms with E-state index in [0.717, 1.165) is 54.6 Å². The third-order valence-corrected chi connectivity index (χ3v) is 12.2. The number of ether oxygens (including phenoxy) is 2. The maximum Gasteiger partial charge on any atom is 0.286 e. The average Bonchev–Trinajstić information content (AvgIpc) is 3.06. The monoisotopic (exact) mass is 615 g/mol. The van der Waals surface area contributed by atoms with Gasteiger partial charge in [-0.3, -0.25) is 4.79 Å². The molecule has 0 aromatic heterocycles. The van der Waals surface area contributed by atoms with E-state index in [9.17, 15) is 9.00 Å². The molecule has 3 aliphatic heterocycles. The molecule has 6 atom stereocenters. The molecule has 2 bridgehead atoms. The molecule has 41 heavy (non-hydrogen) atoms. The van der Waals surface area contributed by atoms with Crippen molar-refractivity contribution in [2.45, 2.75) is 43.5 Å². The van der Waals surface area contributed by atoms with E-state index in [2.05, 4.69) is 33.5 Å². The van der Waals surface area contributed by atoms with Crippen molar-refractivity contribution in [1.82, 2.24) is 0 Å². The molecule has 0 saturated heterocycles. The number of rotatable bonds is 1. The van der Waals surface area contributed by atoms with Crippen LogP contribution in [0.2, 0.25) is 5.02 Å². The number of allylic oxidation sites excluding steroid dienone is 1. The summed E-state index contributed by atoms with van der Waals surface area (Å²) in [6, 6.07) is 11.6. The van der Waals surface area contributed by atoms with Crippen LogP contribution in [-0.2, 0) is 25.8 Å². The average molecular weight is 616 g/mol. The second kappa shape index (κ2) is 11.6. The van der Waals surface area contributed by atoms with Gasteiger partial charge in [0.1, 0.15) is 22.3 Å². The lowest BCUT2D eigenvalue weighted by atomic mass is 9.70. The molecule has 220 valence electrons. The number of aryl methyl sites for hydroxylation is 1. The molecule has 1 spiro atoms. The first-order chi connectivity index (χ1) is 19.7. The number of nitrogens with two attached hydrogens (primary N) is 1. The number of carbonyl (C=O) groups excluding carboxylic acids is 1. The number of hydrogen-bond acceptors (Lipinski definition) is 6. The highest BCUT2D eigenvalue weighted by molar-refractivity contribution is 8.00. The fourth-order valence-corrected chi connectivity index (χ4v) is 9.86. The summed E-state index contributed by atoms with van der Waals surface area (Å²) in [6.07, 6.45) is 8.16. The van der Waals surface area contributed by atoms with Gasteiger partial charge in [0.2, 0.25) is 0 Å². The van der Waals surface area contributed by atoms with E-state index >= 15 is 0 Å². The van der Waals surface area contributed by atoms with Crippen molar-refractivity contribution >= 4 is 44.9 Å². The fraction of sp³-hybridized carbons (Fsp3) is 0.516. The molecule has 1 amide bonds. The van der Waals surface area contributed by atoms with Crippen molar-refractivity contribution in [1.29, 1.82) is 0 Å². The summed E-state index contributed by atoms with van der Waals surface area (Å²) in [6.45, 7) is 4.05. The zero-order valence-electron chi connectivity index (χ0n) is 23.6. The normalized spacial score (nSPS) is 34.3. The van der Waals surface area contributed by atoms with Crippen LogP contribution in [0.25, 0.3) is 0 Å². The van der Waals surface area contributed by atoms with Crippen molar-refractivity contribution in [2.24, 2.45) is 27.3 Å². The fourth-order valence-electron chi connectivity index (χ4n) is 6.80. The van der Waals surface area contributed by atoms with Crippen LogP contribution in [0.1, 0.15) is 47.7 Å². The Bertz CT molecular complexity index is 1490. The Kier molecular flexibility index (Phi) is 8.19. The minimum absolute atomic E-state index is 0.0114. The van der Waals surface area contributed by atoms with Gasteiger partial charge in [-0.1, -0.05) is 36.7 Å². The zero-order valence-corrected chi connectivity index (χ0v) is 26.0. The number of carbonyl (C=O) groups is 1. The molecule has 2 N–H and O–H groups in total. The van der Waals surface area contributed by atoms with Crippen LogP contribution in [-0.4, -0.2) is 54.5 Å². The smallest absolute Gasteiger partial charge is 0.286 e. The maximum atomic E-state index is 13.3. The van der Waals surface area contributed by atoms with E-state index in [1.54, 1.807) is 13.2 Å². The van der Waals surface area contributed by atoms with Gasteiger partial charge in [0.15, 0.2) is 0 Å². The lowest BCUT2D eigenvalue weighted by Gasteiger charge is -2.45. The van der Waals surface area contributed by atoms with Crippen LogP contribution < -0.4 is 14.8 Å². The SMILES string of the molecule is CO[C@H]1/C=C/C[C@H](C)CS(N)(=O)=NC(=O)c2ccc3c(c2)N(C[C@@H]2CC[C@H]21)C[C@]1(CO3)SCCc2cc(Cl)ccc21. The van der Waals surface area contributed by atoms with Crippen molar-refractivity contribution in [3.05, 3.63) is 70.3 Å². The Hall–Kier alpha value is -2.04. The van der Waals surface area contributed by atoms with E-state index < -0.39 is 15.8 Å². The third-order valence-electron chi connectivity index (χ3n) is 9.01. The number of thioether (sulfide) groups is 1. The molecule has 2 aromatic carbocycles. The first-order valence-corrected chi connectivity index (χ1v) is 17.5. The van der Waals surface area contributed by atoms with Crippen LogP contribution in [0.4, 0.5) is 5.69 Å². The van der Waals surface area contributed by atoms with Gasteiger partial charge >= 0.3 is 0 Å². The molecule has 6 rings (SSSR count). The highest BCUT2D eigenvalue weighted by atomic mass is 35.5. The highest BCUT2D eigenvalue weighted by Gasteiger charge is 2.45. The first kappa shape index (κ1) is 29.1. The number of anilines is 1. The van der Waals surface area contributed by atoms with E-state index in [1.807, 2.05) is 36.9 Å². The molecule has 1 fully saturated rings. The summed E-state index contributed by atoms with van der Waals surface area (Å²) in [5.74, 6) is 2.16. The standard InChI is InChI=1S/C31H38ClN3O4S2/c1-20-4-3-5-28(38-2)25-9-6-23(25)16-35-18-31(26-10-8-24(32)14-21(26)12-13-40-31)19-39-29-11-7-22(15-27(29)35)30(36)34-41(33,37)17-20/h3,5,7-8,10-11,14-15,20,23,25,28H,4,6,9,12-13,16-19H2,1-2H3,(H2,33,34,36,37)/b5-3+/t20-,23-,25+,28-,31+,41?/m0/s1. The molecular formula is C31H38ClN3O4S2. The lowest BCUT2D eigenvalue weighted by Crippen LogP contribution is -2.48. The second-order valence-corrected chi connectivity index (χ2v) is 15.8. The van der Waals surface area contributed by atoms with Crippen molar-refractivity contribution < 1.29 is 18.5 Å². The summed E-state index contributed by atoms with van der Waals surface area (Å²) in [4.78, 5) is 15.7. The van der Waals surface area contributed by atoms with Gasteiger partial charge in [-0.25, -0.2) is 9.35 Å². The van der Waals surface area contributed by atoms with Crippen molar-refractivity contribution in [3.8, 4) is 5.75 Å². The quantitative estimate of drug-likeness (QED) is 0.405. The van der Waals surface area contributed by atoms with Crippen LogP contribution in [0.15, 0.2) is 52.9 Å². The molecule has 10 heteroatoms. The molecule has 1 aliphatic carbocycles. The van der Waals surface area contributed by atoms with E-state index in [0.29, 0.717) is 30.4 Å². The Balaban J connectivity index is 1.44. The number of amides is 1. The largest absolute Gasteiger partial charge is 0.490 e. The molecule has 0 radical (unpaired) electrons. The number of nitrogens with zero attached hydrogens (tertiary/aromatic N) is 2. The molecule has 1 saturated carbocycles. The van der Waals surface area contributed by atoms with E-state index in [-0.39, 0.29) is 22.5 Å². The van der Waals surface area contributed by atoms with Gasteiger partial charge in [0.25, 0.3) is 5.91 Å². The summed E-state index contributed by atoms with van der Waals surface area (Å²) in [7, 11) is -1.41. The summed E-state index contributed by atoms with van der Waals surface area (Å²) in [5, 5.41) is 6.84. The molecule has 2 aromatic rings. The Morgan fingerprint density at radius 3 is 2.88 bits per heavy atom. The number of hydrogen-bond donors (Lipinski definition) is 1. The maximum absolute atomic E-state index is 13.3. The van der Waals surface area contributed by atoms with Crippen LogP contribution in [0.5, 0.6) is 5.75 Å². The first-order valence-electron chi connectivity index (χ1n) is 14.4. The van der Waals surface area contributed by atoms with Gasteiger partial charge in [-0.15, -0.1) is 16.1 Å². The predicted octanol–water partition coefficient (Wildman–Crippen LogP) is 5.84. The number of methoxy groups -OCH3 is 1. The highest BCUT2D eigenvalue weighted by Crippen LogP contribution is 2.49. The number of fused-ring (bicyclic) bond motifs is 4. The van der Waals surface area contributed by atoms with Gasteiger partial charge < -0.3 is 14.4 Å². The zero-order chi connectivity index (χ0) is 28.8. The Morgan fingerprint density at radius 2 is 2.10 bits per heavy atom. The lowest BCUT2D eigenvalue weighted by molar-refractivity contribution is 0.0134. The predicted molar refractivity (Wildman–Crippen MR) is 167 cm³/mol. The summed E-state index contributed by atoms with van der Waals surface area (Å²) in [5.41, 5.74) is 3.77. The van der Waals surface area contributed by atoms with Gasteiger partial charge in [-0.05, 0) is 90.6 Å². The Morgan fingerprint density at radius 1 is 1.24 bits per heavy atom. The third kappa shape index (κ3) is 5.93. The molecule has 3 heterocycles. The van der Waals surface area contributed by atoms with Gasteiger partial charge in [0, 0.05) is 36.5 Å². The number of benzene rings is 2. The van der Waals surface area contributed by atoms with E-state index in [1.165, 1.54) is 11.1 Å². The van der Waals surface area contributed by atoms with Crippen LogP contribution in [0.3, 0.4) is 0 Å². The van der Waals surface area contributed by atoms with Crippen LogP contribution in [0, 0.1) is 17.8 Å². The van der Waals surface area contributed by atoms with Gasteiger partial charge in [0.05, 0.1) is 16.5 Å². The van der Waals surface area contributed by atoms with Gasteiger partial charge in [-0.2, -0.15) is 0 Å². The minimum atomic E-state index is -3.18. The minimum Gasteiger partial charge on any atom is -0.490 e. The van der Waals surface area contributed by atoms with Crippen molar-refractivity contribution in [2.75, 3.05) is 43.2 Å². The molecule has 1 unspecified atom stereocenters. The van der Waals surface area contributed by atoms with Crippen molar-refractivity contribution in [3.63, 3.8) is 0 Å². The molecular weight excluding hydrogens is 578 g/mol. The topological polar surface area (TPSA) is 94.2 Å². The van der Waals surface area contributed by atoms with E-state index in [4.69, 9.17) is 26.2 Å². The molecule has 4 aliphatic rings. The molecule has 7 nitrogen and oxygen atoms in total. The summed E-state index contributed by atoms with van der Waals surface area (Å²) >= 11 is 8.34.